The van der Waals surface area contributed by atoms with E-state index in [0.29, 0.717) is 5.75 Å². The van der Waals surface area contributed by atoms with E-state index in [1.54, 1.807) is 0 Å². The van der Waals surface area contributed by atoms with Crippen LogP contribution in [0, 0.1) is 0 Å². The summed E-state index contributed by atoms with van der Waals surface area (Å²) in [5.41, 5.74) is 5.01. The third-order valence-corrected chi connectivity index (χ3v) is 4.51. The first-order valence-corrected chi connectivity index (χ1v) is 8.32. The Labute approximate surface area is 131 Å². The topological polar surface area (TPSA) is 98.5 Å². The van der Waals surface area contributed by atoms with Gasteiger partial charge in [0.2, 0.25) is 11.8 Å². The van der Waals surface area contributed by atoms with Gasteiger partial charge in [-0.2, -0.15) is 11.8 Å². The van der Waals surface area contributed by atoms with Crippen molar-refractivity contribution in [1.29, 1.82) is 0 Å². The van der Waals surface area contributed by atoms with Crippen LogP contribution in [0.1, 0.15) is 23.8 Å². The van der Waals surface area contributed by atoms with Gasteiger partial charge in [0.15, 0.2) is 0 Å². The molecule has 1 rings (SSSR count). The molecule has 0 aliphatic heterocycles. The van der Waals surface area contributed by atoms with Gasteiger partial charge in [-0.3, -0.25) is 14.4 Å². The van der Waals surface area contributed by atoms with Crippen LogP contribution in [0.3, 0.4) is 0 Å². The Bertz CT molecular complexity index is 477. The van der Waals surface area contributed by atoms with Crippen LogP contribution in [0.2, 0.25) is 0 Å². The molecule has 8 heteroatoms. The first-order chi connectivity index (χ1) is 10.0. The van der Waals surface area contributed by atoms with Gasteiger partial charge in [0.1, 0.15) is 0 Å². The molecule has 1 aromatic rings. The number of hydrogen-bond donors (Lipinski definition) is 2. The van der Waals surface area contributed by atoms with Crippen LogP contribution in [-0.2, 0) is 19.1 Å². The van der Waals surface area contributed by atoms with Gasteiger partial charge in [-0.15, -0.1) is 11.3 Å². The number of carbonyl (C=O) groups excluding carboxylic acids is 3. The second kappa shape index (κ2) is 9.41. The second-order valence-corrected chi connectivity index (χ2v) is 6.27. The number of nitrogens with two attached hydrogens (primary N) is 1. The molecule has 0 aliphatic carbocycles. The zero-order valence-electron chi connectivity index (χ0n) is 11.7. The summed E-state index contributed by atoms with van der Waals surface area (Å²) in [6.07, 6.45) is 0.359. The van der Waals surface area contributed by atoms with E-state index in [2.05, 4.69) is 10.1 Å². The highest BCUT2D eigenvalue weighted by atomic mass is 32.2. The number of thioether (sulfide) groups is 1. The van der Waals surface area contributed by atoms with Crippen molar-refractivity contribution in [2.45, 2.75) is 18.9 Å². The smallest absolute Gasteiger partial charge is 0.307 e. The fourth-order valence-electron chi connectivity index (χ4n) is 1.57. The van der Waals surface area contributed by atoms with Gasteiger partial charge < -0.3 is 15.8 Å². The third kappa shape index (κ3) is 7.14. The summed E-state index contributed by atoms with van der Waals surface area (Å²) in [5, 5.41) is 4.70. The minimum absolute atomic E-state index is 0.0944. The number of primary amides is 1. The molecule has 1 aromatic heterocycles. The van der Waals surface area contributed by atoms with Gasteiger partial charge in [0, 0.05) is 17.1 Å². The van der Waals surface area contributed by atoms with Crippen LogP contribution in [-0.4, -0.2) is 36.4 Å². The lowest BCUT2D eigenvalue weighted by atomic mass is 10.1. The molecule has 0 unspecified atom stereocenters. The Morgan fingerprint density at radius 1 is 1.48 bits per heavy atom. The van der Waals surface area contributed by atoms with Crippen LogP contribution in [0.5, 0.6) is 0 Å². The molecular weight excluding hydrogens is 312 g/mol. The van der Waals surface area contributed by atoms with Crippen LogP contribution in [0.25, 0.3) is 0 Å². The minimum Gasteiger partial charge on any atom is -0.469 e. The highest BCUT2D eigenvalue weighted by Gasteiger charge is 2.19. The van der Waals surface area contributed by atoms with Crippen molar-refractivity contribution in [3.63, 3.8) is 0 Å². The lowest BCUT2D eigenvalue weighted by Gasteiger charge is -2.16. The largest absolute Gasteiger partial charge is 0.469 e. The fourth-order valence-corrected chi connectivity index (χ4v) is 3.02. The van der Waals surface area contributed by atoms with Gasteiger partial charge >= 0.3 is 5.97 Å². The summed E-state index contributed by atoms with van der Waals surface area (Å²) in [4.78, 5) is 34.8. The highest BCUT2D eigenvalue weighted by molar-refractivity contribution is 7.99. The molecule has 0 saturated carbocycles. The Morgan fingerprint density at radius 2 is 2.24 bits per heavy atom. The molecule has 116 valence electrons. The number of hydrogen-bond acceptors (Lipinski definition) is 6. The number of methoxy groups -OCH3 is 1. The Kier molecular flexibility index (Phi) is 7.84. The van der Waals surface area contributed by atoms with Crippen LogP contribution < -0.4 is 11.1 Å². The molecule has 1 heterocycles. The molecule has 2 amide bonds. The monoisotopic (exact) mass is 330 g/mol. The molecule has 0 fully saturated rings. The van der Waals surface area contributed by atoms with Crippen molar-refractivity contribution in [2.75, 3.05) is 18.6 Å². The normalized spacial score (nSPS) is 11.7. The maximum absolute atomic E-state index is 11.9. The number of thiophene rings is 1. The maximum Gasteiger partial charge on any atom is 0.307 e. The summed E-state index contributed by atoms with van der Waals surface area (Å²) in [6.45, 7) is 0. The standard InChI is InChI=1S/C13H18N2O4S2/c1-19-13(18)7-9(10-3-2-5-21-10)15-12(17)4-6-20-8-11(14)16/h2-3,5,9H,4,6-8H2,1H3,(H2,14,16)(H,15,17)/t9-/m1/s1. The van der Waals surface area contributed by atoms with Gasteiger partial charge in [-0.25, -0.2) is 0 Å². The van der Waals surface area contributed by atoms with Crippen LogP contribution in [0.15, 0.2) is 17.5 Å². The SMILES string of the molecule is COC(=O)C[C@@H](NC(=O)CCSCC(N)=O)c1cccs1. The molecule has 0 bridgehead atoms. The Balaban J connectivity index is 2.46. The number of carbonyl (C=O) groups is 3. The van der Waals surface area contributed by atoms with E-state index < -0.39 is 5.91 Å². The number of esters is 1. The summed E-state index contributed by atoms with van der Waals surface area (Å²) < 4.78 is 4.64. The summed E-state index contributed by atoms with van der Waals surface area (Å²) in [5.74, 6) is -0.248. The van der Waals surface area contributed by atoms with Gasteiger partial charge in [0.25, 0.3) is 0 Å². The van der Waals surface area contributed by atoms with E-state index in [1.807, 2.05) is 17.5 Å². The van der Waals surface area contributed by atoms with Crippen LogP contribution >= 0.6 is 23.1 Å². The van der Waals surface area contributed by atoms with E-state index in [-0.39, 0.29) is 36.5 Å². The first-order valence-electron chi connectivity index (χ1n) is 6.28. The molecular formula is C13H18N2O4S2. The van der Waals surface area contributed by atoms with E-state index >= 15 is 0 Å². The predicted molar refractivity (Wildman–Crippen MR) is 83.0 cm³/mol. The fraction of sp³-hybridized carbons (Fsp3) is 0.462. The zero-order valence-corrected chi connectivity index (χ0v) is 13.3. The van der Waals surface area contributed by atoms with Gasteiger partial charge in [-0.05, 0) is 11.4 Å². The van der Waals surface area contributed by atoms with Crippen molar-refractivity contribution in [2.24, 2.45) is 5.73 Å². The zero-order chi connectivity index (χ0) is 15.7. The molecule has 0 spiro atoms. The Morgan fingerprint density at radius 3 is 2.81 bits per heavy atom. The van der Waals surface area contributed by atoms with E-state index in [4.69, 9.17) is 5.73 Å². The number of ether oxygens (including phenoxy) is 1. The molecule has 0 aromatic carbocycles. The number of amides is 2. The maximum atomic E-state index is 11.9. The summed E-state index contributed by atoms with van der Waals surface area (Å²) in [7, 11) is 1.32. The molecule has 3 N–H and O–H groups in total. The van der Waals surface area contributed by atoms with Crippen molar-refractivity contribution >= 4 is 40.9 Å². The average molecular weight is 330 g/mol. The van der Waals surface area contributed by atoms with Crippen molar-refractivity contribution in [3.05, 3.63) is 22.4 Å². The molecule has 0 radical (unpaired) electrons. The minimum atomic E-state index is -0.400. The number of rotatable bonds is 9. The molecule has 21 heavy (non-hydrogen) atoms. The molecule has 6 nitrogen and oxygen atoms in total. The van der Waals surface area contributed by atoms with Gasteiger partial charge in [-0.1, -0.05) is 6.07 Å². The quantitative estimate of drug-likeness (QED) is 0.521. The average Bonchev–Trinajstić information content (AvgIpc) is 2.96. The third-order valence-electron chi connectivity index (χ3n) is 2.54. The second-order valence-electron chi connectivity index (χ2n) is 4.18. The summed E-state index contributed by atoms with van der Waals surface area (Å²) in [6, 6.07) is 3.34. The van der Waals surface area contributed by atoms with E-state index in [1.165, 1.54) is 30.2 Å². The van der Waals surface area contributed by atoms with E-state index in [0.717, 1.165) is 4.88 Å². The van der Waals surface area contributed by atoms with Crippen LogP contribution in [0.4, 0.5) is 0 Å². The highest BCUT2D eigenvalue weighted by Crippen LogP contribution is 2.22. The molecule has 1 atom stereocenters. The molecule has 0 aliphatic rings. The lowest BCUT2D eigenvalue weighted by Crippen LogP contribution is -2.30. The van der Waals surface area contributed by atoms with Crippen molar-refractivity contribution in [1.82, 2.24) is 5.32 Å². The van der Waals surface area contributed by atoms with Crippen molar-refractivity contribution in [3.8, 4) is 0 Å². The van der Waals surface area contributed by atoms with Crippen molar-refractivity contribution < 1.29 is 19.1 Å². The molecule has 0 saturated heterocycles. The summed E-state index contributed by atoms with van der Waals surface area (Å²) >= 11 is 2.78. The first kappa shape index (κ1) is 17.5. The Hall–Kier alpha value is -1.54. The lowest BCUT2D eigenvalue weighted by molar-refractivity contribution is -0.141. The predicted octanol–water partition coefficient (Wildman–Crippen LogP) is 1.08. The number of nitrogens with one attached hydrogen (secondary N) is 1. The van der Waals surface area contributed by atoms with Gasteiger partial charge in [0.05, 0.1) is 25.3 Å². The van der Waals surface area contributed by atoms with E-state index in [9.17, 15) is 14.4 Å².